The van der Waals surface area contributed by atoms with Crippen molar-refractivity contribution in [3.8, 4) is 17.2 Å². The molecule has 0 bridgehead atoms. The van der Waals surface area contributed by atoms with Crippen LogP contribution >= 0.6 is 12.2 Å². The summed E-state index contributed by atoms with van der Waals surface area (Å²) in [7, 11) is 1.61. The highest BCUT2D eigenvalue weighted by Crippen LogP contribution is 2.27. The molecule has 0 aromatic heterocycles. The van der Waals surface area contributed by atoms with Gasteiger partial charge < -0.3 is 29.5 Å². The van der Waals surface area contributed by atoms with E-state index >= 15 is 0 Å². The molecule has 2 rings (SSSR count). The highest BCUT2D eigenvalue weighted by molar-refractivity contribution is 7.80. The Balaban J connectivity index is 1.98. The molecular weight excluding hydrogens is 400 g/mol. The number of methoxy groups -OCH3 is 1. The molecule has 0 heterocycles. The Hall–Kier alpha value is -2.77. The molecule has 2 aromatic rings. The van der Waals surface area contributed by atoms with Crippen molar-refractivity contribution in [1.82, 2.24) is 4.90 Å². The van der Waals surface area contributed by atoms with E-state index in [1.165, 1.54) is 0 Å². The van der Waals surface area contributed by atoms with Gasteiger partial charge in [-0.25, -0.2) is 0 Å². The van der Waals surface area contributed by atoms with Gasteiger partial charge in [0.2, 0.25) is 0 Å². The van der Waals surface area contributed by atoms with Gasteiger partial charge in [-0.05, 0) is 50.3 Å². The molecule has 0 aliphatic carbocycles. The van der Waals surface area contributed by atoms with E-state index in [2.05, 4.69) is 11.9 Å². The highest BCUT2D eigenvalue weighted by atomic mass is 32.1. The smallest absolute Gasteiger partial charge is 0.173 e. The average molecular weight is 431 g/mol. The third kappa shape index (κ3) is 6.93. The lowest BCUT2D eigenvalue weighted by atomic mass is 10.2. The second kappa shape index (κ2) is 12.0. The first-order valence-electron chi connectivity index (χ1n) is 9.80. The van der Waals surface area contributed by atoms with Gasteiger partial charge in [-0.3, -0.25) is 0 Å². The molecule has 7 heteroatoms. The van der Waals surface area contributed by atoms with Gasteiger partial charge in [0.05, 0.1) is 12.8 Å². The molecule has 0 spiro atoms. The lowest BCUT2D eigenvalue weighted by Gasteiger charge is -2.31. The number of hydrogen-bond donors (Lipinski definition) is 2. The fourth-order valence-corrected chi connectivity index (χ4v) is 3.16. The Kier molecular flexibility index (Phi) is 9.44. The summed E-state index contributed by atoms with van der Waals surface area (Å²) in [5, 5.41) is 14.3. The van der Waals surface area contributed by atoms with Crippen LogP contribution in [0.1, 0.15) is 13.8 Å². The van der Waals surface area contributed by atoms with Gasteiger partial charge in [0.15, 0.2) is 16.6 Å². The molecule has 1 atom stereocenters. The fourth-order valence-electron chi connectivity index (χ4n) is 2.77. The molecule has 2 aromatic carbocycles. The van der Waals surface area contributed by atoms with E-state index in [0.29, 0.717) is 35.5 Å². The van der Waals surface area contributed by atoms with Crippen LogP contribution in [0, 0.1) is 0 Å². The number of para-hydroxylation sites is 4. The van der Waals surface area contributed by atoms with Crippen molar-refractivity contribution in [3.05, 3.63) is 61.2 Å². The van der Waals surface area contributed by atoms with Crippen molar-refractivity contribution in [1.29, 1.82) is 0 Å². The van der Waals surface area contributed by atoms with Gasteiger partial charge in [-0.2, -0.15) is 0 Å². The summed E-state index contributed by atoms with van der Waals surface area (Å²) < 4.78 is 16.7. The average Bonchev–Trinajstić information content (AvgIpc) is 2.75. The Bertz CT molecular complexity index is 828. The Morgan fingerprint density at radius 1 is 1.10 bits per heavy atom. The van der Waals surface area contributed by atoms with Crippen LogP contribution in [0.15, 0.2) is 61.2 Å². The van der Waals surface area contributed by atoms with Gasteiger partial charge in [0, 0.05) is 12.6 Å². The second-order valence-corrected chi connectivity index (χ2v) is 7.27. The summed E-state index contributed by atoms with van der Waals surface area (Å²) in [6.45, 7) is 8.48. The molecule has 0 radical (unpaired) electrons. The summed E-state index contributed by atoms with van der Waals surface area (Å²) in [4.78, 5) is 1.91. The molecule has 0 saturated carbocycles. The van der Waals surface area contributed by atoms with E-state index in [1.807, 2.05) is 61.2 Å². The first-order valence-corrected chi connectivity index (χ1v) is 10.2. The van der Waals surface area contributed by atoms with E-state index in [9.17, 15) is 5.11 Å². The molecule has 0 fully saturated rings. The third-order valence-electron chi connectivity index (χ3n) is 4.28. The summed E-state index contributed by atoms with van der Waals surface area (Å²) in [6.07, 6.45) is 0.916. The van der Waals surface area contributed by atoms with Crippen LogP contribution in [0.4, 0.5) is 5.69 Å². The first-order chi connectivity index (χ1) is 14.5. The number of thiocarbonyl (C=S) groups is 1. The molecule has 6 nitrogen and oxygen atoms in total. The third-order valence-corrected chi connectivity index (χ3v) is 4.61. The fraction of sp³-hybridized carbons (Fsp3) is 0.348. The van der Waals surface area contributed by atoms with E-state index in [0.717, 1.165) is 5.69 Å². The van der Waals surface area contributed by atoms with E-state index in [4.69, 9.17) is 26.4 Å². The van der Waals surface area contributed by atoms with Gasteiger partial charge in [0.25, 0.3) is 0 Å². The number of aliphatic hydroxyl groups excluding tert-OH is 1. The molecule has 30 heavy (non-hydrogen) atoms. The number of nitrogens with zero attached hydrogens (tertiary/aromatic N) is 1. The summed E-state index contributed by atoms with van der Waals surface area (Å²) >= 11 is 5.58. The maximum absolute atomic E-state index is 10.6. The van der Waals surface area contributed by atoms with E-state index in [-0.39, 0.29) is 12.6 Å². The van der Waals surface area contributed by atoms with Crippen molar-refractivity contribution in [2.24, 2.45) is 0 Å². The minimum absolute atomic E-state index is 0.0811. The second-order valence-electron chi connectivity index (χ2n) is 6.89. The van der Waals surface area contributed by atoms with Gasteiger partial charge in [0.1, 0.15) is 25.1 Å². The Morgan fingerprint density at radius 2 is 1.70 bits per heavy atom. The number of benzene rings is 2. The van der Waals surface area contributed by atoms with Crippen LogP contribution < -0.4 is 19.5 Å². The minimum atomic E-state index is -0.753. The zero-order valence-electron chi connectivity index (χ0n) is 17.7. The number of aliphatic hydroxyl groups is 1. The molecule has 2 N–H and O–H groups in total. The Labute approximate surface area is 184 Å². The van der Waals surface area contributed by atoms with Crippen LogP contribution in [0.5, 0.6) is 17.2 Å². The molecule has 1 unspecified atom stereocenters. The number of anilines is 1. The monoisotopic (exact) mass is 430 g/mol. The minimum Gasteiger partial charge on any atom is -0.495 e. The van der Waals surface area contributed by atoms with Crippen molar-refractivity contribution in [2.45, 2.75) is 26.0 Å². The molecule has 0 aliphatic heterocycles. The zero-order valence-corrected chi connectivity index (χ0v) is 18.5. The SMILES string of the molecule is C=CCOc1ccccc1OCC(O)CN(C(=S)Nc1ccccc1OC)C(C)C. The van der Waals surface area contributed by atoms with Crippen LogP contribution in [0.3, 0.4) is 0 Å². The van der Waals surface area contributed by atoms with Crippen molar-refractivity contribution < 1.29 is 19.3 Å². The Morgan fingerprint density at radius 3 is 2.30 bits per heavy atom. The largest absolute Gasteiger partial charge is 0.495 e. The van der Waals surface area contributed by atoms with E-state index in [1.54, 1.807) is 19.3 Å². The highest BCUT2D eigenvalue weighted by Gasteiger charge is 2.19. The van der Waals surface area contributed by atoms with Crippen LogP contribution in [0.2, 0.25) is 0 Å². The molecule has 0 amide bonds. The summed E-state index contributed by atoms with van der Waals surface area (Å²) in [5.74, 6) is 1.88. The van der Waals surface area contributed by atoms with Gasteiger partial charge in [-0.1, -0.05) is 36.9 Å². The maximum Gasteiger partial charge on any atom is 0.173 e. The zero-order chi connectivity index (χ0) is 21.9. The van der Waals surface area contributed by atoms with Crippen molar-refractivity contribution in [2.75, 3.05) is 32.2 Å². The van der Waals surface area contributed by atoms with E-state index < -0.39 is 6.10 Å². The molecule has 0 aliphatic rings. The summed E-state index contributed by atoms with van der Waals surface area (Å²) in [5.41, 5.74) is 0.773. The topological polar surface area (TPSA) is 63.2 Å². The maximum atomic E-state index is 10.6. The standard InChI is InChI=1S/C23H30N2O4S/c1-5-14-28-21-12-8-9-13-22(21)29-16-18(26)15-25(17(2)3)23(30)24-19-10-6-7-11-20(19)27-4/h5-13,17-18,26H,1,14-16H2,2-4H3,(H,24,30). The quantitative estimate of drug-likeness (QED) is 0.411. The lowest BCUT2D eigenvalue weighted by Crippen LogP contribution is -2.45. The predicted molar refractivity (Wildman–Crippen MR) is 125 cm³/mol. The normalized spacial score (nSPS) is 11.5. The molecule has 0 saturated heterocycles. The number of hydrogen-bond acceptors (Lipinski definition) is 5. The number of ether oxygens (including phenoxy) is 3. The van der Waals surface area contributed by atoms with Gasteiger partial charge in [-0.15, -0.1) is 0 Å². The van der Waals surface area contributed by atoms with Crippen LogP contribution in [0.25, 0.3) is 0 Å². The number of nitrogens with one attached hydrogen (secondary N) is 1. The van der Waals surface area contributed by atoms with Crippen LogP contribution in [-0.2, 0) is 0 Å². The number of rotatable bonds is 11. The predicted octanol–water partition coefficient (Wildman–Crippen LogP) is 4.11. The van der Waals surface area contributed by atoms with Crippen LogP contribution in [-0.4, -0.2) is 54.1 Å². The molecular formula is C23H30N2O4S. The van der Waals surface area contributed by atoms with Gasteiger partial charge >= 0.3 is 0 Å². The lowest BCUT2D eigenvalue weighted by molar-refractivity contribution is 0.0800. The first kappa shape index (κ1) is 23.5. The summed E-state index contributed by atoms with van der Waals surface area (Å²) in [6, 6.07) is 15.0. The van der Waals surface area contributed by atoms with Crippen molar-refractivity contribution >= 4 is 23.0 Å². The molecule has 162 valence electrons. The van der Waals surface area contributed by atoms with Crippen molar-refractivity contribution in [3.63, 3.8) is 0 Å².